The van der Waals surface area contributed by atoms with Gasteiger partial charge in [-0.1, -0.05) is 0 Å². The molecule has 0 aromatic carbocycles. The maximum absolute atomic E-state index is 5.51. The van der Waals surface area contributed by atoms with E-state index in [0.717, 1.165) is 17.9 Å². The quantitative estimate of drug-likeness (QED) is 0.568. The van der Waals surface area contributed by atoms with Crippen LogP contribution in [-0.4, -0.2) is 36.3 Å². The van der Waals surface area contributed by atoms with Gasteiger partial charge in [0.05, 0.1) is 12.7 Å². The van der Waals surface area contributed by atoms with Gasteiger partial charge in [0.15, 0.2) is 0 Å². The average molecular weight is 239 g/mol. The van der Waals surface area contributed by atoms with E-state index in [0.29, 0.717) is 12.4 Å². The number of nitrogens with one attached hydrogen (secondary N) is 1. The zero-order chi connectivity index (χ0) is 12.8. The molecule has 1 rings (SSSR count). The van der Waals surface area contributed by atoms with Crippen LogP contribution in [-0.2, 0) is 4.74 Å². The molecule has 6 heteroatoms. The predicted molar refractivity (Wildman–Crippen MR) is 68.9 cm³/mol. The number of hydrazine groups is 1. The summed E-state index contributed by atoms with van der Waals surface area (Å²) in [6, 6.07) is 0. The van der Waals surface area contributed by atoms with Gasteiger partial charge in [0.25, 0.3) is 0 Å². The van der Waals surface area contributed by atoms with Crippen LogP contribution in [0.3, 0.4) is 0 Å². The van der Waals surface area contributed by atoms with Gasteiger partial charge in [-0.3, -0.25) is 0 Å². The van der Waals surface area contributed by atoms with Crippen molar-refractivity contribution < 1.29 is 4.74 Å². The molecule has 0 aliphatic carbocycles. The molecule has 17 heavy (non-hydrogen) atoms. The second-order valence-electron chi connectivity index (χ2n) is 4.16. The van der Waals surface area contributed by atoms with E-state index in [-0.39, 0.29) is 6.10 Å². The molecule has 6 nitrogen and oxygen atoms in total. The monoisotopic (exact) mass is 239 g/mol. The molecule has 0 bridgehead atoms. The molecule has 0 amide bonds. The number of nitrogen functional groups attached to an aromatic ring is 1. The van der Waals surface area contributed by atoms with Crippen LogP contribution in [0, 0.1) is 6.92 Å². The number of ether oxygens (including phenoxy) is 1. The summed E-state index contributed by atoms with van der Waals surface area (Å²) in [6.07, 6.45) is 1.74. The SMILES string of the molecule is Cc1c(NN)ncnc1N(C)CCOC(C)C. The number of nitrogens with two attached hydrogens (primary N) is 1. The van der Waals surface area contributed by atoms with Gasteiger partial charge >= 0.3 is 0 Å². The number of anilines is 2. The van der Waals surface area contributed by atoms with Crippen molar-refractivity contribution in [3.05, 3.63) is 11.9 Å². The molecule has 1 heterocycles. The Bertz CT molecular complexity index is 356. The number of hydrogen-bond donors (Lipinski definition) is 2. The van der Waals surface area contributed by atoms with Gasteiger partial charge in [0.2, 0.25) is 0 Å². The minimum Gasteiger partial charge on any atom is -0.377 e. The fourth-order valence-corrected chi connectivity index (χ4v) is 1.50. The van der Waals surface area contributed by atoms with Crippen molar-refractivity contribution >= 4 is 11.6 Å². The van der Waals surface area contributed by atoms with Gasteiger partial charge in [0, 0.05) is 19.2 Å². The van der Waals surface area contributed by atoms with Gasteiger partial charge in [-0.15, -0.1) is 0 Å². The van der Waals surface area contributed by atoms with E-state index in [1.165, 1.54) is 6.33 Å². The van der Waals surface area contributed by atoms with E-state index in [4.69, 9.17) is 10.6 Å². The Morgan fingerprint density at radius 2 is 2.18 bits per heavy atom. The topological polar surface area (TPSA) is 76.3 Å². The van der Waals surface area contributed by atoms with E-state index in [1.54, 1.807) is 0 Å². The summed E-state index contributed by atoms with van der Waals surface area (Å²) in [5.74, 6) is 6.88. The van der Waals surface area contributed by atoms with Crippen molar-refractivity contribution in [2.24, 2.45) is 5.84 Å². The van der Waals surface area contributed by atoms with Crippen LogP contribution >= 0.6 is 0 Å². The van der Waals surface area contributed by atoms with Crippen molar-refractivity contribution in [1.29, 1.82) is 0 Å². The molecule has 0 unspecified atom stereocenters. The number of likely N-dealkylation sites (N-methyl/N-ethyl adjacent to an activating group) is 1. The average Bonchev–Trinajstić information content (AvgIpc) is 2.28. The summed E-state index contributed by atoms with van der Waals surface area (Å²) < 4.78 is 5.51. The standard InChI is InChI=1S/C11H21N5O/c1-8(2)17-6-5-16(4)11-9(3)10(15-12)13-7-14-11/h7-8H,5-6,12H2,1-4H3,(H,13,14,15). The summed E-state index contributed by atoms with van der Waals surface area (Å²) in [5, 5.41) is 0. The number of nitrogens with zero attached hydrogens (tertiary/aromatic N) is 3. The smallest absolute Gasteiger partial charge is 0.148 e. The van der Waals surface area contributed by atoms with Crippen LogP contribution in [0.15, 0.2) is 6.33 Å². The molecule has 1 aromatic rings. The van der Waals surface area contributed by atoms with Gasteiger partial charge in [0.1, 0.15) is 18.0 Å². The van der Waals surface area contributed by atoms with E-state index in [2.05, 4.69) is 15.4 Å². The van der Waals surface area contributed by atoms with Crippen LogP contribution < -0.4 is 16.2 Å². The van der Waals surface area contributed by atoms with E-state index < -0.39 is 0 Å². The Morgan fingerprint density at radius 3 is 2.76 bits per heavy atom. The van der Waals surface area contributed by atoms with Crippen molar-refractivity contribution in [1.82, 2.24) is 9.97 Å². The molecular weight excluding hydrogens is 218 g/mol. The van der Waals surface area contributed by atoms with Gasteiger partial charge < -0.3 is 15.1 Å². The van der Waals surface area contributed by atoms with E-state index in [1.807, 2.05) is 32.7 Å². The van der Waals surface area contributed by atoms with Crippen LogP contribution in [0.2, 0.25) is 0 Å². The minimum atomic E-state index is 0.246. The zero-order valence-corrected chi connectivity index (χ0v) is 10.9. The molecule has 96 valence electrons. The highest BCUT2D eigenvalue weighted by atomic mass is 16.5. The Hall–Kier alpha value is -1.40. The van der Waals surface area contributed by atoms with Crippen LogP contribution in [0.1, 0.15) is 19.4 Å². The highest BCUT2D eigenvalue weighted by Crippen LogP contribution is 2.19. The lowest BCUT2D eigenvalue weighted by atomic mass is 10.3. The molecule has 0 saturated carbocycles. The lowest BCUT2D eigenvalue weighted by Gasteiger charge is -2.21. The third-order valence-electron chi connectivity index (χ3n) is 2.43. The van der Waals surface area contributed by atoms with Gasteiger partial charge in [-0.25, -0.2) is 15.8 Å². The summed E-state index contributed by atoms with van der Waals surface area (Å²) in [4.78, 5) is 10.3. The van der Waals surface area contributed by atoms with Gasteiger partial charge in [-0.2, -0.15) is 0 Å². The normalized spacial score (nSPS) is 10.7. The third kappa shape index (κ3) is 3.83. The second kappa shape index (κ2) is 6.36. The Balaban J connectivity index is 2.65. The highest BCUT2D eigenvalue weighted by Gasteiger charge is 2.10. The first kappa shape index (κ1) is 13.7. The van der Waals surface area contributed by atoms with Crippen molar-refractivity contribution in [2.75, 3.05) is 30.5 Å². The number of rotatable bonds is 6. The number of aromatic nitrogens is 2. The van der Waals surface area contributed by atoms with Crippen LogP contribution in [0.25, 0.3) is 0 Å². The molecule has 0 radical (unpaired) electrons. The van der Waals surface area contributed by atoms with Gasteiger partial charge in [-0.05, 0) is 20.8 Å². The first-order valence-corrected chi connectivity index (χ1v) is 5.67. The molecule has 0 aliphatic heterocycles. The molecule has 0 saturated heterocycles. The third-order valence-corrected chi connectivity index (χ3v) is 2.43. The molecule has 3 N–H and O–H groups in total. The molecule has 0 spiro atoms. The highest BCUT2D eigenvalue weighted by molar-refractivity contribution is 5.56. The molecular formula is C11H21N5O. The summed E-state index contributed by atoms with van der Waals surface area (Å²) in [5.41, 5.74) is 3.49. The Morgan fingerprint density at radius 1 is 1.47 bits per heavy atom. The Labute approximate surface area is 102 Å². The van der Waals surface area contributed by atoms with E-state index in [9.17, 15) is 0 Å². The zero-order valence-electron chi connectivity index (χ0n) is 10.9. The second-order valence-corrected chi connectivity index (χ2v) is 4.16. The lowest BCUT2D eigenvalue weighted by molar-refractivity contribution is 0.0845. The maximum Gasteiger partial charge on any atom is 0.148 e. The Kier molecular flexibility index (Phi) is 5.11. The largest absolute Gasteiger partial charge is 0.377 e. The van der Waals surface area contributed by atoms with Crippen LogP contribution in [0.4, 0.5) is 11.6 Å². The summed E-state index contributed by atoms with van der Waals surface area (Å²) in [7, 11) is 1.97. The summed E-state index contributed by atoms with van der Waals surface area (Å²) >= 11 is 0. The molecule has 0 aliphatic rings. The van der Waals surface area contributed by atoms with Crippen LogP contribution in [0.5, 0.6) is 0 Å². The minimum absolute atomic E-state index is 0.246. The fraction of sp³-hybridized carbons (Fsp3) is 0.636. The lowest BCUT2D eigenvalue weighted by Crippen LogP contribution is -2.26. The van der Waals surface area contributed by atoms with Crippen molar-refractivity contribution in [3.63, 3.8) is 0 Å². The molecule has 0 fully saturated rings. The maximum atomic E-state index is 5.51. The van der Waals surface area contributed by atoms with E-state index >= 15 is 0 Å². The first-order valence-electron chi connectivity index (χ1n) is 5.67. The van der Waals surface area contributed by atoms with Crippen molar-refractivity contribution in [3.8, 4) is 0 Å². The predicted octanol–water partition coefficient (Wildman–Crippen LogP) is 0.932. The summed E-state index contributed by atoms with van der Waals surface area (Å²) in [6.45, 7) is 7.42. The fourth-order valence-electron chi connectivity index (χ4n) is 1.50. The first-order chi connectivity index (χ1) is 8.06. The van der Waals surface area contributed by atoms with Crippen molar-refractivity contribution in [2.45, 2.75) is 26.9 Å². The number of hydrogen-bond acceptors (Lipinski definition) is 6. The molecule has 1 aromatic heterocycles. The molecule has 0 atom stereocenters.